The molecule has 0 amide bonds. The number of anilines is 1. The van der Waals surface area contributed by atoms with Crippen LogP contribution in [-0.2, 0) is 0 Å². The summed E-state index contributed by atoms with van der Waals surface area (Å²) in [7, 11) is 0. The lowest BCUT2D eigenvalue weighted by Gasteiger charge is -2.17. The molecule has 0 radical (unpaired) electrons. The third-order valence-electron chi connectivity index (χ3n) is 4.04. The van der Waals surface area contributed by atoms with E-state index in [0.717, 1.165) is 6.42 Å². The van der Waals surface area contributed by atoms with Crippen LogP contribution in [0.1, 0.15) is 36.5 Å². The lowest BCUT2D eigenvalue weighted by molar-refractivity contribution is -0.384. The highest BCUT2D eigenvalue weighted by molar-refractivity contribution is 5.95. The molecule has 1 aliphatic rings. The monoisotopic (exact) mass is 278 g/mol. The number of carbonyl (C=O) groups is 1. The van der Waals surface area contributed by atoms with Crippen LogP contribution in [0.3, 0.4) is 0 Å². The van der Waals surface area contributed by atoms with Gasteiger partial charge in [-0.3, -0.25) is 10.1 Å². The van der Waals surface area contributed by atoms with Crippen LogP contribution < -0.4 is 5.32 Å². The van der Waals surface area contributed by atoms with Crippen LogP contribution in [0.2, 0.25) is 0 Å². The first kappa shape index (κ1) is 14.3. The van der Waals surface area contributed by atoms with E-state index in [9.17, 15) is 14.9 Å². The highest BCUT2D eigenvalue weighted by Gasteiger charge is 2.26. The molecular formula is C14H18N2O4. The average molecular weight is 278 g/mol. The normalized spacial score (nSPS) is 21.6. The minimum atomic E-state index is -1.28. The van der Waals surface area contributed by atoms with Gasteiger partial charge in [0.15, 0.2) is 0 Å². The Labute approximate surface area is 117 Å². The molecule has 2 atom stereocenters. The lowest BCUT2D eigenvalue weighted by Crippen LogP contribution is -2.17. The van der Waals surface area contributed by atoms with E-state index in [4.69, 9.17) is 5.11 Å². The number of benzene rings is 1. The predicted octanol–water partition coefficient (Wildman–Crippen LogP) is 3.14. The summed E-state index contributed by atoms with van der Waals surface area (Å²) < 4.78 is 0. The van der Waals surface area contributed by atoms with Gasteiger partial charge in [0.25, 0.3) is 0 Å². The van der Waals surface area contributed by atoms with Gasteiger partial charge in [-0.15, -0.1) is 0 Å². The fourth-order valence-corrected chi connectivity index (χ4v) is 2.82. The van der Waals surface area contributed by atoms with Crippen molar-refractivity contribution in [2.45, 2.75) is 26.2 Å². The number of nitrogens with zero attached hydrogens (tertiary/aromatic N) is 1. The molecule has 1 aromatic carbocycles. The van der Waals surface area contributed by atoms with E-state index in [0.29, 0.717) is 18.4 Å². The Morgan fingerprint density at radius 1 is 1.50 bits per heavy atom. The number of para-hydroxylation sites is 1. The molecule has 2 rings (SSSR count). The van der Waals surface area contributed by atoms with Crippen molar-refractivity contribution >= 4 is 17.3 Å². The molecule has 1 aromatic rings. The molecule has 6 heteroatoms. The molecule has 2 unspecified atom stereocenters. The van der Waals surface area contributed by atoms with Gasteiger partial charge in [-0.2, -0.15) is 0 Å². The van der Waals surface area contributed by atoms with Crippen LogP contribution in [0.4, 0.5) is 11.4 Å². The minimum Gasteiger partial charge on any atom is -0.477 e. The summed E-state index contributed by atoms with van der Waals surface area (Å²) >= 11 is 0. The van der Waals surface area contributed by atoms with E-state index < -0.39 is 10.9 Å². The number of nitro groups is 1. The number of carboxylic acid groups (broad SMARTS) is 1. The Kier molecular flexibility index (Phi) is 4.22. The van der Waals surface area contributed by atoms with Gasteiger partial charge >= 0.3 is 11.7 Å². The molecular weight excluding hydrogens is 260 g/mol. The first-order valence-corrected chi connectivity index (χ1v) is 6.75. The fraction of sp³-hybridized carbons (Fsp3) is 0.500. The van der Waals surface area contributed by atoms with E-state index in [1.807, 2.05) is 0 Å². The Bertz CT molecular complexity index is 530. The maximum atomic E-state index is 11.1. The molecule has 0 spiro atoms. The van der Waals surface area contributed by atoms with Gasteiger partial charge in [-0.05, 0) is 30.4 Å². The van der Waals surface area contributed by atoms with Crippen molar-refractivity contribution in [3.8, 4) is 0 Å². The molecule has 2 N–H and O–H groups in total. The summed E-state index contributed by atoms with van der Waals surface area (Å²) in [4.78, 5) is 21.5. The van der Waals surface area contributed by atoms with Gasteiger partial charge in [0, 0.05) is 6.54 Å². The largest absolute Gasteiger partial charge is 0.477 e. The molecule has 6 nitrogen and oxygen atoms in total. The van der Waals surface area contributed by atoms with E-state index in [-0.39, 0.29) is 16.9 Å². The molecule has 1 saturated carbocycles. The van der Waals surface area contributed by atoms with Crippen molar-refractivity contribution in [2.24, 2.45) is 11.8 Å². The number of rotatable bonds is 5. The van der Waals surface area contributed by atoms with Gasteiger partial charge in [0.1, 0.15) is 11.3 Å². The first-order chi connectivity index (χ1) is 9.50. The smallest absolute Gasteiger partial charge is 0.342 e. The Hall–Kier alpha value is -2.11. The fourth-order valence-electron chi connectivity index (χ4n) is 2.82. The molecule has 0 heterocycles. The Morgan fingerprint density at radius 2 is 2.25 bits per heavy atom. The number of hydrogen-bond acceptors (Lipinski definition) is 4. The van der Waals surface area contributed by atoms with Crippen LogP contribution in [0, 0.1) is 22.0 Å². The van der Waals surface area contributed by atoms with Gasteiger partial charge in [0.2, 0.25) is 0 Å². The summed E-state index contributed by atoms with van der Waals surface area (Å²) in [6, 6.07) is 4.34. The Balaban J connectivity index is 2.20. The topological polar surface area (TPSA) is 92.5 Å². The van der Waals surface area contributed by atoms with Crippen LogP contribution >= 0.6 is 0 Å². The number of nitro benzene ring substituents is 1. The molecule has 1 aliphatic carbocycles. The van der Waals surface area contributed by atoms with Crippen LogP contribution in [0.25, 0.3) is 0 Å². The SMILES string of the molecule is CC1CCCC1CNc1cccc(C(=O)O)c1[N+](=O)[O-]. The second kappa shape index (κ2) is 5.90. The van der Waals surface area contributed by atoms with Crippen molar-refractivity contribution in [1.82, 2.24) is 0 Å². The summed E-state index contributed by atoms with van der Waals surface area (Å²) in [5.41, 5.74) is -0.348. The van der Waals surface area contributed by atoms with Crippen molar-refractivity contribution in [1.29, 1.82) is 0 Å². The number of carboxylic acids is 1. The molecule has 0 bridgehead atoms. The summed E-state index contributed by atoms with van der Waals surface area (Å²) in [6.45, 7) is 2.83. The molecule has 0 saturated heterocycles. The quantitative estimate of drug-likeness (QED) is 0.637. The average Bonchev–Trinajstić information content (AvgIpc) is 2.81. The lowest BCUT2D eigenvalue weighted by atomic mass is 9.98. The van der Waals surface area contributed by atoms with Crippen LogP contribution in [0.5, 0.6) is 0 Å². The van der Waals surface area contributed by atoms with Crippen molar-refractivity contribution < 1.29 is 14.8 Å². The minimum absolute atomic E-state index is 0.278. The zero-order valence-electron chi connectivity index (χ0n) is 11.3. The highest BCUT2D eigenvalue weighted by Crippen LogP contribution is 2.33. The number of aromatic carboxylic acids is 1. The maximum Gasteiger partial charge on any atom is 0.342 e. The van der Waals surface area contributed by atoms with Crippen molar-refractivity contribution in [3.05, 3.63) is 33.9 Å². The molecule has 20 heavy (non-hydrogen) atoms. The van der Waals surface area contributed by atoms with Crippen LogP contribution in [-0.4, -0.2) is 22.5 Å². The second-order valence-corrected chi connectivity index (χ2v) is 5.31. The number of nitrogens with one attached hydrogen (secondary N) is 1. The summed E-state index contributed by atoms with van der Waals surface area (Å²) in [5.74, 6) is -0.193. The molecule has 0 aliphatic heterocycles. The third-order valence-corrected chi connectivity index (χ3v) is 4.04. The third kappa shape index (κ3) is 2.89. The van der Waals surface area contributed by atoms with Gasteiger partial charge in [0.05, 0.1) is 4.92 Å². The predicted molar refractivity (Wildman–Crippen MR) is 75.1 cm³/mol. The standard InChI is InChI=1S/C14H18N2O4/c1-9-4-2-5-10(9)8-15-12-7-3-6-11(14(17)18)13(12)16(19)20/h3,6-7,9-10,15H,2,4-5,8H2,1H3,(H,17,18). The Morgan fingerprint density at radius 3 is 2.80 bits per heavy atom. The number of hydrogen-bond donors (Lipinski definition) is 2. The van der Waals surface area contributed by atoms with Crippen LogP contribution in [0.15, 0.2) is 18.2 Å². The highest BCUT2D eigenvalue weighted by atomic mass is 16.6. The molecule has 0 aromatic heterocycles. The van der Waals surface area contributed by atoms with Crippen molar-refractivity contribution in [3.63, 3.8) is 0 Å². The summed E-state index contributed by atoms with van der Waals surface area (Å²) in [5, 5.41) is 23.2. The van der Waals surface area contributed by atoms with Crippen molar-refractivity contribution in [2.75, 3.05) is 11.9 Å². The molecule has 1 fully saturated rings. The summed E-state index contributed by atoms with van der Waals surface area (Å²) in [6.07, 6.45) is 3.48. The van der Waals surface area contributed by atoms with Gasteiger partial charge < -0.3 is 10.4 Å². The van der Waals surface area contributed by atoms with E-state index in [2.05, 4.69) is 12.2 Å². The first-order valence-electron chi connectivity index (χ1n) is 6.75. The zero-order valence-corrected chi connectivity index (χ0v) is 11.3. The van der Waals surface area contributed by atoms with E-state index in [1.54, 1.807) is 6.07 Å². The molecule has 108 valence electrons. The maximum absolute atomic E-state index is 11.1. The van der Waals surface area contributed by atoms with E-state index >= 15 is 0 Å². The zero-order chi connectivity index (χ0) is 14.7. The van der Waals surface area contributed by atoms with Gasteiger partial charge in [-0.25, -0.2) is 4.79 Å². The second-order valence-electron chi connectivity index (χ2n) is 5.31. The van der Waals surface area contributed by atoms with E-state index in [1.165, 1.54) is 25.0 Å². The van der Waals surface area contributed by atoms with Gasteiger partial charge in [-0.1, -0.05) is 25.8 Å².